The van der Waals surface area contributed by atoms with Gasteiger partial charge < -0.3 is 4.74 Å². The van der Waals surface area contributed by atoms with Gasteiger partial charge in [-0.2, -0.15) is 8.78 Å². The van der Waals surface area contributed by atoms with Crippen molar-refractivity contribution in [1.82, 2.24) is 0 Å². The number of halogens is 3. The molecule has 0 saturated carbocycles. The van der Waals surface area contributed by atoms with Crippen molar-refractivity contribution in [1.29, 1.82) is 0 Å². The molecular weight excluding hydrogens is 353 g/mol. The van der Waals surface area contributed by atoms with Gasteiger partial charge in [0.15, 0.2) is 6.67 Å². The molecule has 154 valence electrons. The molecule has 0 heterocycles. The summed E-state index contributed by atoms with van der Waals surface area (Å²) in [6.45, 7) is 3.57. The van der Waals surface area contributed by atoms with Gasteiger partial charge in [-0.3, -0.25) is 4.79 Å². The smallest absolute Gasteiger partial charge is 0.398 e. The van der Waals surface area contributed by atoms with E-state index in [0.29, 0.717) is 12.8 Å². The summed E-state index contributed by atoms with van der Waals surface area (Å²) < 4.78 is 41.4. The molecule has 0 saturated heterocycles. The zero-order chi connectivity index (χ0) is 20.4. The summed E-state index contributed by atoms with van der Waals surface area (Å²) in [4.78, 5) is 11.6. The number of rotatable bonds is 16. The number of ether oxygens (including phenoxy) is 1. The fraction of sp³-hybridized carbons (Fsp3) is 0.591. The van der Waals surface area contributed by atoms with Gasteiger partial charge in [0.1, 0.15) is 0 Å². The molecule has 0 radical (unpaired) electrons. The van der Waals surface area contributed by atoms with Crippen LogP contribution in [0.3, 0.4) is 0 Å². The maximum absolute atomic E-state index is 12.7. The van der Waals surface area contributed by atoms with Gasteiger partial charge in [-0.05, 0) is 38.5 Å². The van der Waals surface area contributed by atoms with Gasteiger partial charge >= 0.3 is 12.1 Å². The van der Waals surface area contributed by atoms with E-state index in [0.717, 1.165) is 44.9 Å². The maximum atomic E-state index is 12.7. The van der Waals surface area contributed by atoms with E-state index >= 15 is 0 Å². The average molecular weight is 386 g/mol. The third kappa shape index (κ3) is 15.0. The Morgan fingerprint density at radius 1 is 1.00 bits per heavy atom. The van der Waals surface area contributed by atoms with Crippen molar-refractivity contribution < 1.29 is 22.7 Å². The lowest BCUT2D eigenvalue weighted by Crippen LogP contribution is -2.30. The Morgan fingerprint density at radius 3 is 2.19 bits per heavy atom. The highest BCUT2D eigenvalue weighted by Gasteiger charge is 2.35. The van der Waals surface area contributed by atoms with Crippen molar-refractivity contribution in [3.05, 3.63) is 49.1 Å². The maximum Gasteiger partial charge on any atom is 0.429 e. The van der Waals surface area contributed by atoms with Crippen LogP contribution < -0.4 is 0 Å². The first kappa shape index (κ1) is 25.2. The van der Waals surface area contributed by atoms with Gasteiger partial charge in [-0.25, -0.2) is 4.39 Å². The van der Waals surface area contributed by atoms with E-state index in [9.17, 15) is 18.0 Å². The molecule has 0 aromatic heterocycles. The van der Waals surface area contributed by atoms with Crippen LogP contribution in [0.2, 0.25) is 0 Å². The van der Waals surface area contributed by atoms with Crippen molar-refractivity contribution in [2.24, 2.45) is 5.92 Å². The Hall–Kier alpha value is -1.78. The first-order valence-electron chi connectivity index (χ1n) is 9.71. The summed E-state index contributed by atoms with van der Waals surface area (Å²) in [6, 6.07) is 0. The minimum Gasteiger partial charge on any atom is -0.398 e. The second-order valence-electron chi connectivity index (χ2n) is 6.32. The van der Waals surface area contributed by atoms with E-state index in [2.05, 4.69) is 54.7 Å². The van der Waals surface area contributed by atoms with Gasteiger partial charge in [0.05, 0.1) is 5.92 Å². The van der Waals surface area contributed by atoms with E-state index in [1.165, 1.54) is 6.08 Å². The number of esters is 1. The summed E-state index contributed by atoms with van der Waals surface area (Å²) in [5, 5.41) is 0. The van der Waals surface area contributed by atoms with Crippen molar-refractivity contribution in [3.63, 3.8) is 0 Å². The van der Waals surface area contributed by atoms with E-state index < -0.39 is 24.7 Å². The fourth-order valence-corrected chi connectivity index (χ4v) is 2.39. The molecule has 0 bridgehead atoms. The quantitative estimate of drug-likeness (QED) is 0.161. The van der Waals surface area contributed by atoms with Crippen LogP contribution in [0.15, 0.2) is 49.1 Å². The van der Waals surface area contributed by atoms with E-state index in [-0.39, 0.29) is 0 Å². The van der Waals surface area contributed by atoms with Crippen LogP contribution in [0.4, 0.5) is 13.2 Å². The zero-order valence-electron chi connectivity index (χ0n) is 16.3. The number of unbranched alkanes of at least 4 members (excludes halogenated alkanes) is 4. The number of allylic oxidation sites excluding steroid dienone is 6. The SMILES string of the molecule is C=CC(CCCCCC/C=C\C/C=C\C/C=C\CC)C(=O)OC(F)(F)CF. The van der Waals surface area contributed by atoms with Crippen LogP contribution in [0.1, 0.15) is 64.7 Å². The summed E-state index contributed by atoms with van der Waals surface area (Å²) >= 11 is 0. The van der Waals surface area contributed by atoms with Gasteiger partial charge in [-0.1, -0.05) is 68.7 Å². The lowest BCUT2D eigenvalue weighted by Gasteiger charge is -2.17. The van der Waals surface area contributed by atoms with Crippen molar-refractivity contribution >= 4 is 5.97 Å². The number of hydrogen-bond donors (Lipinski definition) is 0. The molecule has 5 heteroatoms. The van der Waals surface area contributed by atoms with Crippen molar-refractivity contribution in [2.45, 2.75) is 70.8 Å². The van der Waals surface area contributed by atoms with Crippen LogP contribution in [-0.4, -0.2) is 18.8 Å². The highest BCUT2D eigenvalue weighted by Crippen LogP contribution is 2.21. The number of carbonyl (C=O) groups excluding carboxylic acids is 1. The minimum absolute atomic E-state index is 0.387. The molecular formula is C22H33F3O2. The lowest BCUT2D eigenvalue weighted by atomic mass is 10.0. The van der Waals surface area contributed by atoms with Crippen LogP contribution in [0.5, 0.6) is 0 Å². The molecule has 0 aliphatic heterocycles. The van der Waals surface area contributed by atoms with Gasteiger partial charge in [0.25, 0.3) is 0 Å². The molecule has 1 unspecified atom stereocenters. The zero-order valence-corrected chi connectivity index (χ0v) is 16.3. The molecule has 0 rings (SSSR count). The minimum atomic E-state index is -4.05. The third-order valence-electron chi connectivity index (χ3n) is 3.91. The molecule has 0 fully saturated rings. The average Bonchev–Trinajstić information content (AvgIpc) is 2.64. The van der Waals surface area contributed by atoms with Crippen LogP contribution >= 0.6 is 0 Å². The fourth-order valence-electron chi connectivity index (χ4n) is 2.39. The summed E-state index contributed by atoms with van der Waals surface area (Å²) in [5.41, 5.74) is 0. The predicted molar refractivity (Wildman–Crippen MR) is 105 cm³/mol. The standard InChI is InChI=1S/C22H33F3O2/c1-3-5-6-7-8-9-10-11-12-13-14-15-16-17-18-20(4-2)21(26)27-22(24,25)19-23/h4-6,8-9,11-12,20H,2-3,7,10,13-19H2,1H3/b6-5-,9-8-,12-11-. The second-order valence-corrected chi connectivity index (χ2v) is 6.32. The number of hydrogen-bond acceptors (Lipinski definition) is 2. The Labute approximate surface area is 161 Å². The highest BCUT2D eigenvalue weighted by atomic mass is 19.3. The lowest BCUT2D eigenvalue weighted by molar-refractivity contribution is -0.240. The Morgan fingerprint density at radius 2 is 1.59 bits per heavy atom. The third-order valence-corrected chi connectivity index (χ3v) is 3.91. The summed E-state index contributed by atoms with van der Waals surface area (Å²) in [5.74, 6) is -1.94. The summed E-state index contributed by atoms with van der Waals surface area (Å²) in [6.07, 6.45) is 18.2. The van der Waals surface area contributed by atoms with Crippen molar-refractivity contribution in [2.75, 3.05) is 6.67 Å². The summed E-state index contributed by atoms with van der Waals surface area (Å²) in [7, 11) is 0. The van der Waals surface area contributed by atoms with E-state index in [1.54, 1.807) is 0 Å². The molecule has 2 nitrogen and oxygen atoms in total. The Kier molecular flexibility index (Phi) is 15.3. The Bertz CT molecular complexity index is 482. The number of carbonyl (C=O) groups is 1. The molecule has 0 aromatic carbocycles. The molecule has 0 spiro atoms. The van der Waals surface area contributed by atoms with Crippen molar-refractivity contribution in [3.8, 4) is 0 Å². The monoisotopic (exact) mass is 386 g/mol. The van der Waals surface area contributed by atoms with Crippen LogP contribution in [0.25, 0.3) is 0 Å². The predicted octanol–water partition coefficient (Wildman–Crippen LogP) is 7.09. The second kappa shape index (κ2) is 16.4. The van der Waals surface area contributed by atoms with Gasteiger partial charge in [0.2, 0.25) is 0 Å². The molecule has 1 atom stereocenters. The van der Waals surface area contributed by atoms with Crippen LogP contribution in [-0.2, 0) is 9.53 Å². The number of alkyl halides is 3. The largest absolute Gasteiger partial charge is 0.429 e. The normalized spacial score (nSPS) is 13.6. The van der Waals surface area contributed by atoms with E-state index in [1.807, 2.05) is 0 Å². The molecule has 0 aliphatic carbocycles. The molecule has 0 N–H and O–H groups in total. The molecule has 27 heavy (non-hydrogen) atoms. The first-order valence-corrected chi connectivity index (χ1v) is 9.71. The molecule has 0 aliphatic rings. The molecule has 0 amide bonds. The van der Waals surface area contributed by atoms with Gasteiger partial charge in [0, 0.05) is 0 Å². The van der Waals surface area contributed by atoms with Crippen LogP contribution in [0, 0.1) is 5.92 Å². The van der Waals surface area contributed by atoms with Gasteiger partial charge in [-0.15, -0.1) is 6.58 Å². The Balaban J connectivity index is 3.74. The molecule has 0 aromatic rings. The highest BCUT2D eigenvalue weighted by molar-refractivity contribution is 5.74. The van der Waals surface area contributed by atoms with E-state index in [4.69, 9.17) is 0 Å². The topological polar surface area (TPSA) is 26.3 Å². The first-order chi connectivity index (χ1) is 13.0.